The minimum absolute atomic E-state index is 0.0252. The second kappa shape index (κ2) is 8.71. The summed E-state index contributed by atoms with van der Waals surface area (Å²) >= 11 is 0. The molecule has 2 rings (SSSR count). The Labute approximate surface area is 145 Å². The highest BCUT2D eigenvalue weighted by molar-refractivity contribution is 5.85. The number of nitrogens with one attached hydrogen (secondary N) is 1. The van der Waals surface area contributed by atoms with E-state index in [0.717, 1.165) is 31.9 Å². The average Bonchev–Trinajstić information content (AvgIpc) is 3.08. The van der Waals surface area contributed by atoms with Crippen molar-refractivity contribution in [2.45, 2.75) is 38.6 Å². The number of aliphatic imine (C=N–C) groups is 1. The summed E-state index contributed by atoms with van der Waals surface area (Å²) in [6.07, 6.45) is 2.14. The zero-order valence-corrected chi connectivity index (χ0v) is 15.3. The molecule has 132 valence electrons. The van der Waals surface area contributed by atoms with Crippen molar-refractivity contribution in [1.82, 2.24) is 15.1 Å². The molecule has 1 aliphatic rings. The lowest BCUT2D eigenvalue weighted by Gasteiger charge is -2.25. The number of amides is 1. The van der Waals surface area contributed by atoms with Crippen LogP contribution >= 0.6 is 0 Å². The number of rotatable bonds is 5. The topological polar surface area (TPSA) is 47.9 Å². The summed E-state index contributed by atoms with van der Waals surface area (Å²) < 4.78 is 0. The molecule has 1 heterocycles. The zero-order valence-electron chi connectivity index (χ0n) is 15.3. The SMILES string of the molecule is CCC(C)NC(=NCC(=O)N(C)C)N1CCC(c2ccccc2)C1. The molecular weight excluding hydrogens is 300 g/mol. The van der Waals surface area contributed by atoms with E-state index in [1.165, 1.54) is 5.56 Å². The number of hydrogen-bond donors (Lipinski definition) is 1. The number of likely N-dealkylation sites (N-methyl/N-ethyl adjacent to an activating group) is 1. The number of benzene rings is 1. The third kappa shape index (κ3) is 4.98. The van der Waals surface area contributed by atoms with Gasteiger partial charge in [-0.3, -0.25) is 4.79 Å². The lowest BCUT2D eigenvalue weighted by molar-refractivity contribution is -0.127. The van der Waals surface area contributed by atoms with Crippen molar-refractivity contribution < 1.29 is 4.79 Å². The summed E-state index contributed by atoms with van der Waals surface area (Å²) in [7, 11) is 3.53. The second-order valence-corrected chi connectivity index (χ2v) is 6.72. The van der Waals surface area contributed by atoms with Crippen LogP contribution in [-0.2, 0) is 4.79 Å². The lowest BCUT2D eigenvalue weighted by atomic mass is 9.99. The van der Waals surface area contributed by atoms with Gasteiger partial charge in [-0.25, -0.2) is 4.99 Å². The van der Waals surface area contributed by atoms with Crippen LogP contribution < -0.4 is 5.32 Å². The van der Waals surface area contributed by atoms with Crippen LogP contribution in [0.15, 0.2) is 35.3 Å². The first-order chi connectivity index (χ1) is 11.5. The van der Waals surface area contributed by atoms with Crippen molar-refractivity contribution >= 4 is 11.9 Å². The highest BCUT2D eigenvalue weighted by Gasteiger charge is 2.26. The first kappa shape index (κ1) is 18.3. The smallest absolute Gasteiger partial charge is 0.243 e. The number of carbonyl (C=O) groups is 1. The molecule has 1 fully saturated rings. The predicted molar refractivity (Wildman–Crippen MR) is 99.3 cm³/mol. The van der Waals surface area contributed by atoms with Crippen LogP contribution in [-0.4, -0.2) is 61.4 Å². The van der Waals surface area contributed by atoms with Gasteiger partial charge in [0.1, 0.15) is 6.54 Å². The Balaban J connectivity index is 2.07. The monoisotopic (exact) mass is 330 g/mol. The van der Waals surface area contributed by atoms with Crippen LogP contribution in [0.3, 0.4) is 0 Å². The maximum Gasteiger partial charge on any atom is 0.243 e. The van der Waals surface area contributed by atoms with E-state index in [9.17, 15) is 4.79 Å². The summed E-state index contributed by atoms with van der Waals surface area (Å²) in [6.45, 7) is 6.41. The fraction of sp³-hybridized carbons (Fsp3) is 0.579. The number of nitrogens with zero attached hydrogens (tertiary/aromatic N) is 3. The minimum Gasteiger partial charge on any atom is -0.354 e. The van der Waals surface area contributed by atoms with E-state index < -0.39 is 0 Å². The van der Waals surface area contributed by atoms with E-state index in [-0.39, 0.29) is 12.5 Å². The molecular formula is C19H30N4O. The van der Waals surface area contributed by atoms with E-state index in [1.807, 2.05) is 0 Å². The largest absolute Gasteiger partial charge is 0.354 e. The van der Waals surface area contributed by atoms with Gasteiger partial charge in [-0.1, -0.05) is 37.3 Å². The average molecular weight is 330 g/mol. The Morgan fingerprint density at radius 2 is 2.08 bits per heavy atom. The third-order valence-corrected chi connectivity index (χ3v) is 4.61. The van der Waals surface area contributed by atoms with Crippen molar-refractivity contribution in [3.63, 3.8) is 0 Å². The first-order valence-corrected chi connectivity index (χ1v) is 8.82. The number of likely N-dealkylation sites (tertiary alicyclic amines) is 1. The molecule has 0 radical (unpaired) electrons. The van der Waals surface area contributed by atoms with Crippen molar-refractivity contribution in [3.8, 4) is 0 Å². The molecule has 0 aliphatic carbocycles. The highest BCUT2D eigenvalue weighted by atomic mass is 16.2. The van der Waals surface area contributed by atoms with Gasteiger partial charge in [-0.05, 0) is 25.3 Å². The number of hydrogen-bond acceptors (Lipinski definition) is 2. The van der Waals surface area contributed by atoms with E-state index in [1.54, 1.807) is 19.0 Å². The van der Waals surface area contributed by atoms with Crippen molar-refractivity contribution in [3.05, 3.63) is 35.9 Å². The van der Waals surface area contributed by atoms with E-state index in [2.05, 4.69) is 59.4 Å². The minimum atomic E-state index is 0.0252. The molecule has 1 saturated heterocycles. The lowest BCUT2D eigenvalue weighted by Crippen LogP contribution is -2.44. The third-order valence-electron chi connectivity index (χ3n) is 4.61. The summed E-state index contributed by atoms with van der Waals surface area (Å²) in [5.41, 5.74) is 1.38. The van der Waals surface area contributed by atoms with Gasteiger partial charge in [-0.2, -0.15) is 0 Å². The summed E-state index contributed by atoms with van der Waals surface area (Å²) in [4.78, 5) is 20.3. The van der Waals surface area contributed by atoms with Crippen LogP contribution in [0, 0.1) is 0 Å². The quantitative estimate of drug-likeness (QED) is 0.666. The second-order valence-electron chi connectivity index (χ2n) is 6.72. The summed E-state index contributed by atoms with van der Waals surface area (Å²) in [5, 5.41) is 3.48. The highest BCUT2D eigenvalue weighted by Crippen LogP contribution is 2.26. The van der Waals surface area contributed by atoms with Gasteiger partial charge in [0.15, 0.2) is 5.96 Å². The van der Waals surface area contributed by atoms with Gasteiger partial charge in [-0.15, -0.1) is 0 Å². The Kier molecular flexibility index (Phi) is 6.64. The Bertz CT molecular complexity index is 556. The Morgan fingerprint density at radius 3 is 2.71 bits per heavy atom. The van der Waals surface area contributed by atoms with Crippen molar-refractivity contribution in [1.29, 1.82) is 0 Å². The molecule has 5 nitrogen and oxygen atoms in total. The van der Waals surface area contributed by atoms with Crippen LogP contribution in [0.5, 0.6) is 0 Å². The summed E-state index contributed by atoms with van der Waals surface area (Å²) in [6, 6.07) is 11.0. The van der Waals surface area contributed by atoms with Crippen molar-refractivity contribution in [2.75, 3.05) is 33.7 Å². The molecule has 0 bridgehead atoms. The van der Waals surface area contributed by atoms with Gasteiger partial charge < -0.3 is 15.1 Å². The number of guanidine groups is 1. The van der Waals surface area contributed by atoms with Gasteiger partial charge in [0.05, 0.1) is 0 Å². The fourth-order valence-corrected chi connectivity index (χ4v) is 2.79. The molecule has 0 aromatic heterocycles. The molecule has 0 spiro atoms. The van der Waals surface area contributed by atoms with E-state index in [0.29, 0.717) is 12.0 Å². The molecule has 1 aromatic rings. The van der Waals surface area contributed by atoms with E-state index in [4.69, 9.17) is 0 Å². The Morgan fingerprint density at radius 1 is 1.38 bits per heavy atom. The molecule has 24 heavy (non-hydrogen) atoms. The van der Waals surface area contributed by atoms with Gasteiger partial charge in [0.25, 0.3) is 0 Å². The normalized spacial score (nSPS) is 19.2. The van der Waals surface area contributed by atoms with E-state index >= 15 is 0 Å². The molecule has 1 N–H and O–H groups in total. The van der Waals surface area contributed by atoms with Crippen LogP contribution in [0.25, 0.3) is 0 Å². The van der Waals surface area contributed by atoms with Crippen LogP contribution in [0.4, 0.5) is 0 Å². The molecule has 5 heteroatoms. The maximum absolute atomic E-state index is 11.9. The van der Waals surface area contributed by atoms with Gasteiger partial charge in [0.2, 0.25) is 5.91 Å². The summed E-state index contributed by atoms with van der Waals surface area (Å²) in [5.74, 6) is 1.41. The van der Waals surface area contributed by atoms with Crippen LogP contribution in [0.1, 0.15) is 38.2 Å². The first-order valence-electron chi connectivity index (χ1n) is 8.82. The zero-order chi connectivity index (χ0) is 17.5. The molecule has 2 atom stereocenters. The van der Waals surface area contributed by atoms with Crippen molar-refractivity contribution in [2.24, 2.45) is 4.99 Å². The molecule has 1 aliphatic heterocycles. The Hall–Kier alpha value is -2.04. The predicted octanol–water partition coefficient (Wildman–Crippen LogP) is 2.31. The molecule has 0 saturated carbocycles. The number of carbonyl (C=O) groups excluding carboxylic acids is 1. The standard InChI is InChI=1S/C19H30N4O/c1-5-15(2)21-19(20-13-18(24)22(3)4)23-12-11-17(14-23)16-9-7-6-8-10-16/h6-10,15,17H,5,11-14H2,1-4H3,(H,20,21). The fourth-order valence-electron chi connectivity index (χ4n) is 2.79. The van der Waals surface area contributed by atoms with Gasteiger partial charge in [0, 0.05) is 39.1 Å². The molecule has 1 aromatic carbocycles. The maximum atomic E-state index is 11.9. The molecule has 2 unspecified atom stereocenters. The van der Waals surface area contributed by atoms with Gasteiger partial charge >= 0.3 is 0 Å². The molecule has 1 amide bonds. The van der Waals surface area contributed by atoms with Crippen LogP contribution in [0.2, 0.25) is 0 Å².